The fraction of sp³-hybridized carbons (Fsp3) is 0.0857. The van der Waals surface area contributed by atoms with E-state index in [4.69, 9.17) is 4.74 Å². The van der Waals surface area contributed by atoms with Crippen molar-refractivity contribution in [2.45, 2.75) is 11.8 Å². The van der Waals surface area contributed by atoms with Crippen LogP contribution in [0, 0.1) is 6.92 Å². The standard InChI is InChI=1S/C35H30N4O4S2/c1-23-14-16-25(17-15-23)31-21-45-35(38-31)39-32(40)22-44-29-13-7-11-27(20-29)36-34(42)30(19-24-8-6-12-28(18-24)43-2)37-33(41)26-9-4-3-5-10-26/h3-21H,22H2,1-2H3,(H,36,42)(H,37,41)(H,38,39,40)/b30-19-. The van der Waals surface area contributed by atoms with Gasteiger partial charge in [-0.1, -0.05) is 66.2 Å². The largest absolute Gasteiger partial charge is 0.497 e. The highest BCUT2D eigenvalue weighted by molar-refractivity contribution is 8.00. The molecule has 0 atom stereocenters. The van der Waals surface area contributed by atoms with Gasteiger partial charge in [0.25, 0.3) is 11.8 Å². The Labute approximate surface area is 269 Å². The SMILES string of the molecule is COc1cccc(/C=C(\NC(=O)c2ccccc2)C(=O)Nc2cccc(SCC(=O)Nc3nc(-c4ccc(C)cc4)cs3)c2)c1. The van der Waals surface area contributed by atoms with Gasteiger partial charge in [0.1, 0.15) is 11.4 Å². The maximum Gasteiger partial charge on any atom is 0.272 e. The highest BCUT2D eigenvalue weighted by Crippen LogP contribution is 2.26. The normalized spacial score (nSPS) is 11.0. The van der Waals surface area contributed by atoms with Gasteiger partial charge >= 0.3 is 0 Å². The number of benzene rings is 4. The number of methoxy groups -OCH3 is 1. The third-order valence-electron chi connectivity index (χ3n) is 6.49. The Morgan fingerprint density at radius 3 is 2.44 bits per heavy atom. The van der Waals surface area contributed by atoms with E-state index in [0.717, 1.165) is 16.2 Å². The predicted molar refractivity (Wildman–Crippen MR) is 182 cm³/mol. The third-order valence-corrected chi connectivity index (χ3v) is 8.24. The second-order valence-electron chi connectivity index (χ2n) is 9.88. The topological polar surface area (TPSA) is 109 Å². The minimum Gasteiger partial charge on any atom is -0.497 e. The molecule has 0 saturated heterocycles. The van der Waals surface area contributed by atoms with Crippen LogP contribution in [0.15, 0.2) is 119 Å². The summed E-state index contributed by atoms with van der Waals surface area (Å²) in [6, 6.07) is 31.1. The van der Waals surface area contributed by atoms with Crippen molar-refractivity contribution in [3.05, 3.63) is 131 Å². The minimum absolute atomic E-state index is 0.0583. The van der Waals surface area contributed by atoms with Crippen molar-refractivity contribution in [3.63, 3.8) is 0 Å². The minimum atomic E-state index is -0.504. The molecule has 8 nitrogen and oxygen atoms in total. The fourth-order valence-corrected chi connectivity index (χ4v) is 5.69. The smallest absolute Gasteiger partial charge is 0.272 e. The molecule has 0 unspecified atom stereocenters. The molecular weight excluding hydrogens is 605 g/mol. The molecule has 1 heterocycles. The van der Waals surface area contributed by atoms with Gasteiger partial charge in [0, 0.05) is 27.1 Å². The molecule has 0 saturated carbocycles. The Morgan fingerprint density at radius 1 is 0.889 bits per heavy atom. The Morgan fingerprint density at radius 2 is 1.67 bits per heavy atom. The van der Waals surface area contributed by atoms with Crippen LogP contribution < -0.4 is 20.7 Å². The zero-order chi connectivity index (χ0) is 31.6. The molecule has 0 spiro atoms. The number of anilines is 2. The molecule has 0 aliphatic heterocycles. The van der Waals surface area contributed by atoms with E-state index < -0.39 is 11.8 Å². The molecule has 0 radical (unpaired) electrons. The van der Waals surface area contributed by atoms with E-state index in [1.807, 2.05) is 54.8 Å². The number of amides is 3. The number of rotatable bonds is 11. The average molecular weight is 635 g/mol. The van der Waals surface area contributed by atoms with E-state index in [-0.39, 0.29) is 17.4 Å². The van der Waals surface area contributed by atoms with Crippen molar-refractivity contribution in [3.8, 4) is 17.0 Å². The van der Waals surface area contributed by atoms with E-state index in [9.17, 15) is 14.4 Å². The molecule has 0 aliphatic rings. The van der Waals surface area contributed by atoms with Crippen molar-refractivity contribution in [2.24, 2.45) is 0 Å². The van der Waals surface area contributed by atoms with Gasteiger partial charge in [-0.2, -0.15) is 0 Å². The average Bonchev–Trinajstić information content (AvgIpc) is 3.52. The van der Waals surface area contributed by atoms with Gasteiger partial charge in [0.15, 0.2) is 5.13 Å². The predicted octanol–water partition coefficient (Wildman–Crippen LogP) is 7.27. The van der Waals surface area contributed by atoms with Gasteiger partial charge in [0.05, 0.1) is 18.6 Å². The van der Waals surface area contributed by atoms with Gasteiger partial charge in [-0.15, -0.1) is 23.1 Å². The first-order valence-corrected chi connectivity index (χ1v) is 15.8. The van der Waals surface area contributed by atoms with Crippen LogP contribution in [0.25, 0.3) is 17.3 Å². The van der Waals surface area contributed by atoms with Crippen molar-refractivity contribution in [1.82, 2.24) is 10.3 Å². The molecule has 5 aromatic rings. The summed E-state index contributed by atoms with van der Waals surface area (Å²) in [7, 11) is 1.56. The number of ether oxygens (including phenoxy) is 1. The number of carbonyl (C=O) groups excluding carboxylic acids is 3. The van der Waals surface area contributed by atoms with Gasteiger partial charge in [-0.25, -0.2) is 4.98 Å². The van der Waals surface area contributed by atoms with E-state index in [1.165, 1.54) is 28.7 Å². The summed E-state index contributed by atoms with van der Waals surface area (Å²) in [5, 5.41) is 10.9. The summed E-state index contributed by atoms with van der Waals surface area (Å²) in [6.45, 7) is 2.03. The number of thioether (sulfide) groups is 1. The summed E-state index contributed by atoms with van der Waals surface area (Å²) in [5.74, 6) is -0.332. The Hall–Kier alpha value is -5.19. The zero-order valence-corrected chi connectivity index (χ0v) is 26.2. The number of nitrogens with zero attached hydrogens (tertiary/aromatic N) is 1. The lowest BCUT2D eigenvalue weighted by atomic mass is 10.1. The zero-order valence-electron chi connectivity index (χ0n) is 24.6. The van der Waals surface area contributed by atoms with Gasteiger partial charge in [0.2, 0.25) is 5.91 Å². The van der Waals surface area contributed by atoms with Gasteiger partial charge in [-0.05, 0) is 61.0 Å². The first-order chi connectivity index (χ1) is 21.9. The van der Waals surface area contributed by atoms with Crippen LogP contribution in [0.2, 0.25) is 0 Å². The van der Waals surface area contributed by atoms with Crippen LogP contribution in [-0.4, -0.2) is 35.6 Å². The first-order valence-electron chi connectivity index (χ1n) is 13.9. The highest BCUT2D eigenvalue weighted by Gasteiger charge is 2.16. The van der Waals surface area contributed by atoms with Gasteiger partial charge < -0.3 is 20.7 Å². The van der Waals surface area contributed by atoms with Crippen molar-refractivity contribution < 1.29 is 19.1 Å². The Kier molecular flexibility index (Phi) is 10.4. The third kappa shape index (κ3) is 8.91. The molecule has 3 amide bonds. The molecule has 5 rings (SSSR count). The summed E-state index contributed by atoms with van der Waals surface area (Å²) in [4.78, 5) is 44.4. The van der Waals surface area contributed by atoms with Crippen molar-refractivity contribution >= 4 is 57.7 Å². The van der Waals surface area contributed by atoms with Crippen molar-refractivity contribution in [2.75, 3.05) is 23.5 Å². The van der Waals surface area contributed by atoms with Crippen LogP contribution in [0.1, 0.15) is 21.5 Å². The van der Waals surface area contributed by atoms with E-state index in [0.29, 0.717) is 27.7 Å². The fourth-order valence-electron chi connectivity index (χ4n) is 4.19. The lowest BCUT2D eigenvalue weighted by Gasteiger charge is -2.12. The number of carbonyl (C=O) groups is 3. The summed E-state index contributed by atoms with van der Waals surface area (Å²) in [5.41, 5.74) is 4.64. The quantitative estimate of drug-likeness (QED) is 0.104. The molecule has 3 N–H and O–H groups in total. The molecule has 45 heavy (non-hydrogen) atoms. The van der Waals surface area contributed by atoms with Crippen molar-refractivity contribution in [1.29, 1.82) is 0 Å². The molecule has 10 heteroatoms. The van der Waals surface area contributed by atoms with Crippen LogP contribution >= 0.6 is 23.1 Å². The highest BCUT2D eigenvalue weighted by atomic mass is 32.2. The second kappa shape index (κ2) is 15.0. The summed E-state index contributed by atoms with van der Waals surface area (Å²) in [6.07, 6.45) is 1.59. The summed E-state index contributed by atoms with van der Waals surface area (Å²) < 4.78 is 5.30. The number of aryl methyl sites for hydroxylation is 1. The number of hydrogen-bond acceptors (Lipinski definition) is 7. The van der Waals surface area contributed by atoms with Crippen LogP contribution in [0.5, 0.6) is 5.75 Å². The van der Waals surface area contributed by atoms with E-state index >= 15 is 0 Å². The van der Waals surface area contributed by atoms with Crippen LogP contribution in [0.3, 0.4) is 0 Å². The van der Waals surface area contributed by atoms with Gasteiger partial charge in [-0.3, -0.25) is 14.4 Å². The van der Waals surface area contributed by atoms with E-state index in [1.54, 1.807) is 73.8 Å². The Bertz CT molecular complexity index is 1840. The second-order valence-corrected chi connectivity index (χ2v) is 11.8. The number of nitrogens with one attached hydrogen (secondary N) is 3. The number of aromatic nitrogens is 1. The molecular formula is C35H30N4O4S2. The van der Waals surface area contributed by atoms with Crippen LogP contribution in [0.4, 0.5) is 10.8 Å². The molecule has 0 bridgehead atoms. The molecule has 1 aromatic heterocycles. The molecule has 0 fully saturated rings. The number of thiazole rings is 1. The summed E-state index contributed by atoms with van der Waals surface area (Å²) >= 11 is 2.71. The number of hydrogen-bond donors (Lipinski definition) is 3. The lowest BCUT2D eigenvalue weighted by Crippen LogP contribution is -2.30. The maximum atomic E-state index is 13.4. The van der Waals surface area contributed by atoms with E-state index in [2.05, 4.69) is 20.9 Å². The molecule has 4 aromatic carbocycles. The molecule has 0 aliphatic carbocycles. The lowest BCUT2D eigenvalue weighted by molar-refractivity contribution is -0.114. The first kappa shape index (κ1) is 31.2. The molecule has 226 valence electrons. The van der Waals surface area contributed by atoms with Crippen LogP contribution in [-0.2, 0) is 9.59 Å². The monoisotopic (exact) mass is 634 g/mol. The Balaban J connectivity index is 1.23. The maximum absolute atomic E-state index is 13.4.